The topological polar surface area (TPSA) is 32.8 Å². The van der Waals surface area contributed by atoms with Gasteiger partial charge >= 0.3 is 0 Å². The fourth-order valence-corrected chi connectivity index (χ4v) is 3.87. The summed E-state index contributed by atoms with van der Waals surface area (Å²) in [5, 5.41) is 0. The zero-order valence-electron chi connectivity index (χ0n) is 14.9. The van der Waals surface area contributed by atoms with Crippen molar-refractivity contribution in [2.45, 2.75) is 50.8 Å². The fraction of sp³-hybridized carbons (Fsp3) is 0.650. The van der Waals surface area contributed by atoms with Gasteiger partial charge < -0.3 is 9.64 Å². The molecule has 4 nitrogen and oxygen atoms in total. The van der Waals surface area contributed by atoms with Crippen LogP contribution < -0.4 is 0 Å². The maximum atomic E-state index is 13.1. The van der Waals surface area contributed by atoms with Gasteiger partial charge in [0, 0.05) is 18.6 Å². The third-order valence-corrected chi connectivity index (χ3v) is 5.82. The quantitative estimate of drug-likeness (QED) is 0.794. The number of hydrogen-bond donors (Lipinski definition) is 0. The van der Waals surface area contributed by atoms with Crippen molar-refractivity contribution < 1.29 is 13.9 Å². The summed E-state index contributed by atoms with van der Waals surface area (Å²) in [6, 6.07) is 7.52. The third-order valence-electron chi connectivity index (χ3n) is 5.82. The van der Waals surface area contributed by atoms with Gasteiger partial charge in [-0.05, 0) is 56.2 Å². The van der Waals surface area contributed by atoms with E-state index in [2.05, 4.69) is 11.8 Å². The van der Waals surface area contributed by atoms with Gasteiger partial charge in [0.25, 0.3) is 0 Å². The maximum absolute atomic E-state index is 13.1. The molecule has 3 fully saturated rings. The molecule has 0 bridgehead atoms. The van der Waals surface area contributed by atoms with E-state index >= 15 is 0 Å². The average Bonchev–Trinajstić information content (AvgIpc) is 3.52. The highest BCUT2D eigenvalue weighted by molar-refractivity contribution is 5.78. The number of carbonyl (C=O) groups is 1. The van der Waals surface area contributed by atoms with Gasteiger partial charge in [0.1, 0.15) is 11.9 Å². The molecule has 0 aromatic heterocycles. The number of morpholine rings is 1. The van der Waals surface area contributed by atoms with E-state index in [0.717, 1.165) is 11.5 Å². The number of hydrogen-bond acceptors (Lipinski definition) is 3. The largest absolute Gasteiger partial charge is 0.370 e. The molecule has 1 aliphatic heterocycles. The number of ether oxygens (including phenoxy) is 1. The molecule has 0 radical (unpaired) electrons. The first-order valence-corrected chi connectivity index (χ1v) is 9.52. The number of amides is 1. The molecule has 0 N–H and O–H groups in total. The zero-order chi connectivity index (χ0) is 17.4. The monoisotopic (exact) mass is 346 g/mol. The Balaban J connectivity index is 1.38. The number of carbonyl (C=O) groups excluding carboxylic acids is 1. The van der Waals surface area contributed by atoms with Gasteiger partial charge in [0.2, 0.25) is 5.91 Å². The molecule has 2 atom stereocenters. The molecular formula is C20H27FN2O2. The Morgan fingerprint density at radius 2 is 2.00 bits per heavy atom. The molecule has 136 valence electrons. The molecule has 1 saturated heterocycles. The predicted octanol–water partition coefficient (Wildman–Crippen LogP) is 2.99. The number of halogens is 1. The molecule has 2 aliphatic carbocycles. The molecule has 25 heavy (non-hydrogen) atoms. The second-order valence-electron chi connectivity index (χ2n) is 7.73. The zero-order valence-corrected chi connectivity index (χ0v) is 14.9. The SMILES string of the molecule is CC(C1CC1)N(CC(=O)N1CCOC(c2ccc(F)cc2)C1)C1CC1. The molecule has 1 amide bonds. The van der Waals surface area contributed by atoms with Crippen molar-refractivity contribution in [3.05, 3.63) is 35.6 Å². The average molecular weight is 346 g/mol. The Hall–Kier alpha value is -1.46. The van der Waals surface area contributed by atoms with E-state index in [1.165, 1.54) is 37.8 Å². The molecule has 2 saturated carbocycles. The van der Waals surface area contributed by atoms with Crippen LogP contribution in [0.3, 0.4) is 0 Å². The second-order valence-corrected chi connectivity index (χ2v) is 7.73. The van der Waals surface area contributed by atoms with Crippen LogP contribution in [0.15, 0.2) is 24.3 Å². The summed E-state index contributed by atoms with van der Waals surface area (Å²) in [6.45, 7) is 4.55. The van der Waals surface area contributed by atoms with Crippen LogP contribution in [0.5, 0.6) is 0 Å². The van der Waals surface area contributed by atoms with E-state index in [-0.39, 0.29) is 17.8 Å². The van der Waals surface area contributed by atoms with E-state index in [4.69, 9.17) is 4.74 Å². The van der Waals surface area contributed by atoms with Crippen LogP contribution in [0, 0.1) is 11.7 Å². The van der Waals surface area contributed by atoms with E-state index < -0.39 is 0 Å². The second kappa shape index (κ2) is 7.04. The highest BCUT2D eigenvalue weighted by Gasteiger charge is 2.40. The Labute approximate surface area is 148 Å². The molecule has 1 aromatic rings. The molecule has 5 heteroatoms. The Bertz CT molecular complexity index is 613. The standard InChI is InChI=1S/C20H27FN2O2/c1-14(15-2-3-15)23(18-8-9-18)13-20(24)22-10-11-25-19(12-22)16-4-6-17(21)7-5-16/h4-7,14-15,18-19H,2-3,8-13H2,1H3. The van der Waals surface area contributed by atoms with Gasteiger partial charge in [0.15, 0.2) is 0 Å². The van der Waals surface area contributed by atoms with Crippen LogP contribution in [-0.2, 0) is 9.53 Å². The number of nitrogens with zero attached hydrogens (tertiary/aromatic N) is 2. The van der Waals surface area contributed by atoms with Crippen molar-refractivity contribution >= 4 is 5.91 Å². The van der Waals surface area contributed by atoms with Crippen LogP contribution in [0.25, 0.3) is 0 Å². The lowest BCUT2D eigenvalue weighted by Crippen LogP contribution is -2.49. The van der Waals surface area contributed by atoms with Crippen molar-refractivity contribution in [3.8, 4) is 0 Å². The van der Waals surface area contributed by atoms with Crippen LogP contribution in [0.2, 0.25) is 0 Å². The van der Waals surface area contributed by atoms with Gasteiger partial charge in [-0.15, -0.1) is 0 Å². The summed E-state index contributed by atoms with van der Waals surface area (Å²) in [7, 11) is 0. The normalized spacial score (nSPS) is 25.2. The first kappa shape index (κ1) is 17.0. The van der Waals surface area contributed by atoms with Crippen molar-refractivity contribution in [1.29, 1.82) is 0 Å². The van der Waals surface area contributed by atoms with Gasteiger partial charge in [-0.25, -0.2) is 4.39 Å². The molecule has 1 heterocycles. The van der Waals surface area contributed by atoms with E-state index in [1.807, 2.05) is 4.90 Å². The van der Waals surface area contributed by atoms with Crippen molar-refractivity contribution in [2.75, 3.05) is 26.2 Å². The van der Waals surface area contributed by atoms with E-state index in [0.29, 0.717) is 38.3 Å². The highest BCUT2D eigenvalue weighted by Crippen LogP contribution is 2.39. The minimum Gasteiger partial charge on any atom is -0.370 e. The lowest BCUT2D eigenvalue weighted by molar-refractivity contribution is -0.141. The Morgan fingerprint density at radius 3 is 2.64 bits per heavy atom. The summed E-state index contributed by atoms with van der Waals surface area (Å²) in [6.07, 6.45) is 4.91. The summed E-state index contributed by atoms with van der Waals surface area (Å²) in [4.78, 5) is 17.2. The van der Waals surface area contributed by atoms with Gasteiger partial charge in [-0.2, -0.15) is 0 Å². The van der Waals surface area contributed by atoms with Crippen LogP contribution in [-0.4, -0.2) is 54.0 Å². The minimum absolute atomic E-state index is 0.159. The summed E-state index contributed by atoms with van der Waals surface area (Å²) < 4.78 is 18.9. The third kappa shape index (κ3) is 4.04. The van der Waals surface area contributed by atoms with Crippen molar-refractivity contribution in [3.63, 3.8) is 0 Å². The molecular weight excluding hydrogens is 319 g/mol. The number of benzene rings is 1. The predicted molar refractivity (Wildman–Crippen MR) is 93.6 cm³/mol. The van der Waals surface area contributed by atoms with Crippen molar-refractivity contribution in [1.82, 2.24) is 9.80 Å². The Kier molecular flexibility index (Phi) is 4.78. The minimum atomic E-state index is -0.248. The smallest absolute Gasteiger partial charge is 0.236 e. The van der Waals surface area contributed by atoms with Crippen LogP contribution in [0.1, 0.15) is 44.3 Å². The summed E-state index contributed by atoms with van der Waals surface area (Å²) in [5.74, 6) is 0.737. The molecule has 2 unspecified atom stereocenters. The van der Waals surface area contributed by atoms with Crippen LogP contribution >= 0.6 is 0 Å². The lowest BCUT2D eigenvalue weighted by Gasteiger charge is -2.36. The van der Waals surface area contributed by atoms with Crippen LogP contribution in [0.4, 0.5) is 4.39 Å². The first-order valence-electron chi connectivity index (χ1n) is 9.52. The van der Waals surface area contributed by atoms with Gasteiger partial charge in [-0.1, -0.05) is 12.1 Å². The fourth-order valence-electron chi connectivity index (χ4n) is 3.87. The number of rotatable bonds is 6. The summed E-state index contributed by atoms with van der Waals surface area (Å²) >= 11 is 0. The van der Waals surface area contributed by atoms with Crippen molar-refractivity contribution in [2.24, 2.45) is 5.92 Å². The van der Waals surface area contributed by atoms with E-state index in [1.54, 1.807) is 12.1 Å². The van der Waals surface area contributed by atoms with Gasteiger partial charge in [-0.3, -0.25) is 9.69 Å². The molecule has 4 rings (SSSR count). The molecule has 3 aliphatic rings. The molecule has 0 spiro atoms. The summed E-state index contributed by atoms with van der Waals surface area (Å²) in [5.41, 5.74) is 0.935. The molecule has 1 aromatic carbocycles. The highest BCUT2D eigenvalue weighted by atomic mass is 19.1. The van der Waals surface area contributed by atoms with Gasteiger partial charge in [0.05, 0.1) is 19.7 Å². The maximum Gasteiger partial charge on any atom is 0.236 e. The lowest BCUT2D eigenvalue weighted by atomic mass is 10.1. The first-order chi connectivity index (χ1) is 12.1. The van der Waals surface area contributed by atoms with E-state index in [9.17, 15) is 9.18 Å². The Morgan fingerprint density at radius 1 is 1.28 bits per heavy atom.